The van der Waals surface area contributed by atoms with E-state index in [9.17, 15) is 4.79 Å². The van der Waals surface area contributed by atoms with Gasteiger partial charge in [-0.2, -0.15) is 5.10 Å². The highest BCUT2D eigenvalue weighted by Gasteiger charge is 2.08. The van der Waals surface area contributed by atoms with Gasteiger partial charge in [-0.25, -0.2) is 9.48 Å². The maximum absolute atomic E-state index is 12.2. The predicted molar refractivity (Wildman–Crippen MR) is 81.7 cm³/mol. The van der Waals surface area contributed by atoms with Gasteiger partial charge in [0.25, 0.3) is 0 Å². The molecular formula is C16H18N4O. The van der Waals surface area contributed by atoms with Crippen molar-refractivity contribution in [3.8, 4) is 5.69 Å². The summed E-state index contributed by atoms with van der Waals surface area (Å²) in [5, 5.41) is 4.35. The highest BCUT2D eigenvalue weighted by atomic mass is 16.1. The third kappa shape index (κ3) is 2.67. The highest BCUT2D eigenvalue weighted by molar-refractivity contribution is 5.30. The average molecular weight is 282 g/mol. The van der Waals surface area contributed by atoms with E-state index in [1.165, 1.54) is 0 Å². The summed E-state index contributed by atoms with van der Waals surface area (Å²) in [6.07, 6.45) is 7.40. The Morgan fingerprint density at radius 3 is 2.57 bits per heavy atom. The summed E-state index contributed by atoms with van der Waals surface area (Å²) in [7, 11) is 0. The van der Waals surface area contributed by atoms with E-state index in [0.29, 0.717) is 6.54 Å². The van der Waals surface area contributed by atoms with E-state index < -0.39 is 0 Å². The van der Waals surface area contributed by atoms with Gasteiger partial charge < -0.3 is 0 Å². The fourth-order valence-electron chi connectivity index (χ4n) is 2.30. The fourth-order valence-corrected chi connectivity index (χ4v) is 2.30. The number of imidazole rings is 1. The molecule has 5 nitrogen and oxygen atoms in total. The zero-order valence-electron chi connectivity index (χ0n) is 12.2. The first-order valence-corrected chi connectivity index (χ1v) is 7.01. The molecule has 0 aliphatic rings. The lowest BCUT2D eigenvalue weighted by atomic mass is 10.3. The highest BCUT2D eigenvalue weighted by Crippen LogP contribution is 2.08. The van der Waals surface area contributed by atoms with Crippen molar-refractivity contribution < 1.29 is 0 Å². The van der Waals surface area contributed by atoms with E-state index in [2.05, 4.69) is 5.10 Å². The minimum atomic E-state index is 0.0115. The van der Waals surface area contributed by atoms with E-state index in [-0.39, 0.29) is 11.7 Å². The maximum Gasteiger partial charge on any atom is 0.328 e. The molecule has 0 amide bonds. The zero-order valence-corrected chi connectivity index (χ0v) is 12.2. The Kier molecular flexibility index (Phi) is 3.48. The molecule has 3 rings (SSSR count). The third-order valence-electron chi connectivity index (χ3n) is 3.44. The van der Waals surface area contributed by atoms with E-state index in [0.717, 1.165) is 11.3 Å². The van der Waals surface area contributed by atoms with Gasteiger partial charge in [-0.05, 0) is 26.0 Å². The number of hydrogen-bond donors (Lipinski definition) is 0. The normalized spacial score (nSPS) is 11.2. The lowest BCUT2D eigenvalue weighted by Crippen LogP contribution is -2.25. The van der Waals surface area contributed by atoms with Crippen LogP contribution < -0.4 is 5.69 Å². The summed E-state index contributed by atoms with van der Waals surface area (Å²) < 4.78 is 5.24. The van der Waals surface area contributed by atoms with Crippen LogP contribution in [0.2, 0.25) is 0 Å². The number of hydrogen-bond acceptors (Lipinski definition) is 2. The molecule has 0 aliphatic carbocycles. The monoisotopic (exact) mass is 282 g/mol. The second-order valence-corrected chi connectivity index (χ2v) is 5.34. The van der Waals surface area contributed by atoms with Crippen molar-refractivity contribution in [1.29, 1.82) is 0 Å². The molecule has 0 spiro atoms. The average Bonchev–Trinajstić information content (AvgIpc) is 3.08. The maximum atomic E-state index is 12.2. The van der Waals surface area contributed by atoms with Crippen LogP contribution in [0.1, 0.15) is 25.5 Å². The van der Waals surface area contributed by atoms with Gasteiger partial charge in [-0.3, -0.25) is 9.13 Å². The largest absolute Gasteiger partial charge is 0.328 e. The van der Waals surface area contributed by atoms with Crippen molar-refractivity contribution in [2.45, 2.75) is 26.4 Å². The fraction of sp³-hybridized carbons (Fsp3) is 0.250. The second-order valence-electron chi connectivity index (χ2n) is 5.34. The van der Waals surface area contributed by atoms with Crippen molar-refractivity contribution in [2.75, 3.05) is 0 Å². The molecule has 0 bridgehead atoms. The molecule has 0 atom stereocenters. The topological polar surface area (TPSA) is 44.8 Å². The molecule has 3 aromatic rings. The number of benzene rings is 1. The first-order valence-electron chi connectivity index (χ1n) is 7.01. The molecule has 0 radical (unpaired) electrons. The molecule has 5 heteroatoms. The molecule has 0 aliphatic heterocycles. The zero-order chi connectivity index (χ0) is 14.8. The van der Waals surface area contributed by atoms with Gasteiger partial charge in [-0.1, -0.05) is 18.2 Å². The third-order valence-corrected chi connectivity index (χ3v) is 3.44. The first-order chi connectivity index (χ1) is 10.1. The van der Waals surface area contributed by atoms with Gasteiger partial charge in [0.1, 0.15) is 0 Å². The van der Waals surface area contributed by atoms with Gasteiger partial charge >= 0.3 is 5.69 Å². The van der Waals surface area contributed by atoms with Crippen LogP contribution in [0.15, 0.2) is 59.9 Å². The summed E-state index contributed by atoms with van der Waals surface area (Å²) in [5.41, 5.74) is 2.02. The standard InChI is InChI=1S/C16H18N4O/c1-13(2)19-9-8-18(16(19)21)11-14-10-17-20(12-14)15-6-4-3-5-7-15/h3-10,12-13H,11H2,1-2H3. The molecule has 0 saturated heterocycles. The van der Waals surface area contributed by atoms with Crippen LogP contribution in [0.4, 0.5) is 0 Å². The van der Waals surface area contributed by atoms with Crippen LogP contribution in [0.5, 0.6) is 0 Å². The minimum absolute atomic E-state index is 0.0115. The Hall–Kier alpha value is -2.56. The van der Waals surface area contributed by atoms with Gasteiger partial charge in [0.05, 0.1) is 18.4 Å². The number of aromatic nitrogens is 4. The first kappa shape index (κ1) is 13.4. The molecule has 2 heterocycles. The van der Waals surface area contributed by atoms with Crippen LogP contribution in [-0.2, 0) is 6.54 Å². The van der Waals surface area contributed by atoms with E-state index in [4.69, 9.17) is 0 Å². The van der Waals surface area contributed by atoms with Crippen LogP contribution in [0.3, 0.4) is 0 Å². The SMILES string of the molecule is CC(C)n1ccn(Cc2cnn(-c3ccccc3)c2)c1=O. The summed E-state index contributed by atoms with van der Waals surface area (Å²) in [6.45, 7) is 4.53. The molecule has 2 aromatic heterocycles. The van der Waals surface area contributed by atoms with Crippen molar-refractivity contribution in [1.82, 2.24) is 18.9 Å². The van der Waals surface area contributed by atoms with Crippen molar-refractivity contribution >= 4 is 0 Å². The molecule has 0 fully saturated rings. The molecule has 0 N–H and O–H groups in total. The van der Waals surface area contributed by atoms with Gasteiger partial charge in [0, 0.05) is 30.2 Å². The minimum Gasteiger partial charge on any atom is -0.297 e. The molecule has 0 unspecified atom stereocenters. The smallest absolute Gasteiger partial charge is 0.297 e. The Labute approximate surface area is 123 Å². The quantitative estimate of drug-likeness (QED) is 0.738. The molecule has 1 aromatic carbocycles. The van der Waals surface area contributed by atoms with Crippen LogP contribution >= 0.6 is 0 Å². The van der Waals surface area contributed by atoms with E-state index in [1.807, 2.05) is 67.5 Å². The summed E-state index contributed by atoms with van der Waals surface area (Å²) in [6, 6.07) is 10.1. The molecular weight excluding hydrogens is 264 g/mol. The summed E-state index contributed by atoms with van der Waals surface area (Å²) in [5.74, 6) is 0. The van der Waals surface area contributed by atoms with Crippen LogP contribution in [0.25, 0.3) is 5.69 Å². The molecule has 108 valence electrons. The van der Waals surface area contributed by atoms with Gasteiger partial charge in [-0.15, -0.1) is 0 Å². The van der Waals surface area contributed by atoms with Crippen molar-refractivity contribution in [3.63, 3.8) is 0 Å². The lowest BCUT2D eigenvalue weighted by Gasteiger charge is -2.04. The lowest BCUT2D eigenvalue weighted by molar-refractivity contribution is 0.561. The summed E-state index contributed by atoms with van der Waals surface area (Å²) in [4.78, 5) is 12.2. The van der Waals surface area contributed by atoms with Crippen molar-refractivity contribution in [3.05, 3.63) is 71.2 Å². The Morgan fingerprint density at radius 1 is 1.14 bits per heavy atom. The van der Waals surface area contributed by atoms with Crippen LogP contribution in [-0.4, -0.2) is 18.9 Å². The number of rotatable bonds is 4. The second kappa shape index (κ2) is 5.44. The predicted octanol–water partition coefficient (Wildman–Crippen LogP) is 2.46. The molecule has 21 heavy (non-hydrogen) atoms. The number of para-hydroxylation sites is 1. The van der Waals surface area contributed by atoms with Gasteiger partial charge in [0.15, 0.2) is 0 Å². The van der Waals surface area contributed by atoms with E-state index in [1.54, 1.807) is 15.3 Å². The van der Waals surface area contributed by atoms with Gasteiger partial charge in [0.2, 0.25) is 0 Å². The van der Waals surface area contributed by atoms with E-state index >= 15 is 0 Å². The Morgan fingerprint density at radius 2 is 1.90 bits per heavy atom. The van der Waals surface area contributed by atoms with Crippen LogP contribution in [0, 0.1) is 0 Å². The number of nitrogens with zero attached hydrogens (tertiary/aromatic N) is 4. The molecule has 0 saturated carbocycles. The summed E-state index contributed by atoms with van der Waals surface area (Å²) >= 11 is 0. The van der Waals surface area contributed by atoms with Crippen molar-refractivity contribution in [2.24, 2.45) is 0 Å². The Balaban J connectivity index is 1.84. The Bertz CT molecular complexity index is 780.